The Labute approximate surface area is 59.1 Å². The molecule has 0 spiro atoms. The van der Waals surface area contributed by atoms with Crippen LogP contribution in [0.1, 0.15) is 26.7 Å². The van der Waals surface area contributed by atoms with Gasteiger partial charge in [0.25, 0.3) is 0 Å². The van der Waals surface area contributed by atoms with E-state index in [1.807, 2.05) is 0 Å². The highest BCUT2D eigenvalue weighted by Gasteiger charge is 2.02. The minimum absolute atomic E-state index is 0.715. The summed E-state index contributed by atoms with van der Waals surface area (Å²) in [5.74, 6) is 0. The zero-order chi connectivity index (χ0) is 7.28. The molecule has 0 aromatic carbocycles. The van der Waals surface area contributed by atoms with Crippen molar-refractivity contribution in [1.82, 2.24) is 4.90 Å². The fourth-order valence-corrected chi connectivity index (χ4v) is 0.781. The van der Waals surface area contributed by atoms with Crippen molar-refractivity contribution in [1.29, 1.82) is 0 Å². The Morgan fingerprint density at radius 1 is 1.56 bits per heavy atom. The topological polar surface area (TPSA) is 3.24 Å². The first-order valence-electron chi connectivity index (χ1n) is 3.71. The van der Waals surface area contributed by atoms with Crippen LogP contribution in [0.15, 0.2) is 0 Å². The Bertz CT molecular complexity index is 61.6. The van der Waals surface area contributed by atoms with E-state index in [9.17, 15) is 0 Å². The molecule has 0 saturated carbocycles. The van der Waals surface area contributed by atoms with E-state index in [2.05, 4.69) is 32.7 Å². The normalized spacial score (nSPS) is 14.3. The molecule has 1 heteroatoms. The molecule has 0 rings (SSSR count). The van der Waals surface area contributed by atoms with Crippen LogP contribution in [0.25, 0.3) is 0 Å². The summed E-state index contributed by atoms with van der Waals surface area (Å²) in [5, 5.41) is 0. The average Bonchev–Trinajstić information content (AvgIpc) is 1.87. The van der Waals surface area contributed by atoms with Gasteiger partial charge in [-0.05, 0) is 33.4 Å². The molecule has 0 aliphatic rings. The maximum Gasteiger partial charge on any atom is 0.00612 e. The van der Waals surface area contributed by atoms with Gasteiger partial charge >= 0.3 is 0 Å². The molecule has 0 N–H and O–H groups in total. The van der Waals surface area contributed by atoms with Crippen molar-refractivity contribution in [2.75, 3.05) is 13.6 Å². The third-order valence-electron chi connectivity index (χ3n) is 1.85. The Morgan fingerprint density at radius 2 is 2.11 bits per heavy atom. The zero-order valence-corrected chi connectivity index (χ0v) is 6.85. The molecule has 0 aromatic heterocycles. The number of nitrogens with zero attached hydrogens (tertiary/aromatic N) is 1. The highest BCUT2D eigenvalue weighted by Crippen LogP contribution is 1.99. The quantitative estimate of drug-likeness (QED) is 0.559. The highest BCUT2D eigenvalue weighted by atomic mass is 15.1. The molecule has 55 valence electrons. The number of hydrogen-bond acceptors (Lipinski definition) is 1. The Kier molecular flexibility index (Phi) is 4.78. The van der Waals surface area contributed by atoms with Crippen LogP contribution in [-0.4, -0.2) is 24.5 Å². The summed E-state index contributed by atoms with van der Waals surface area (Å²) in [6.07, 6.45) is 2.25. The van der Waals surface area contributed by atoms with E-state index in [4.69, 9.17) is 0 Å². The Morgan fingerprint density at radius 3 is 2.44 bits per heavy atom. The van der Waals surface area contributed by atoms with Crippen molar-refractivity contribution in [2.24, 2.45) is 0 Å². The summed E-state index contributed by atoms with van der Waals surface area (Å²) in [6, 6.07) is 0.715. The zero-order valence-electron chi connectivity index (χ0n) is 6.85. The lowest BCUT2D eigenvalue weighted by atomic mass is 10.2. The van der Waals surface area contributed by atoms with Gasteiger partial charge in [0.05, 0.1) is 0 Å². The summed E-state index contributed by atoms with van der Waals surface area (Å²) >= 11 is 0. The maximum absolute atomic E-state index is 3.80. The van der Waals surface area contributed by atoms with E-state index in [1.54, 1.807) is 0 Å². The molecule has 0 saturated heterocycles. The van der Waals surface area contributed by atoms with Crippen molar-refractivity contribution < 1.29 is 0 Å². The summed E-state index contributed by atoms with van der Waals surface area (Å²) in [4.78, 5) is 2.34. The van der Waals surface area contributed by atoms with Crippen molar-refractivity contribution in [3.63, 3.8) is 0 Å². The van der Waals surface area contributed by atoms with E-state index in [0.717, 1.165) is 13.0 Å². The molecule has 0 heterocycles. The predicted octanol–water partition coefficient (Wildman–Crippen LogP) is 1.94. The summed E-state index contributed by atoms with van der Waals surface area (Å²) < 4.78 is 0. The third kappa shape index (κ3) is 3.52. The fourth-order valence-electron chi connectivity index (χ4n) is 0.781. The molecule has 1 nitrogen and oxygen atoms in total. The molecular formula is C8H18N. The number of hydrogen-bond donors (Lipinski definition) is 0. The monoisotopic (exact) mass is 128 g/mol. The van der Waals surface area contributed by atoms with Gasteiger partial charge in [-0.15, -0.1) is 0 Å². The smallest absolute Gasteiger partial charge is 0.00612 e. The van der Waals surface area contributed by atoms with E-state index < -0.39 is 0 Å². The van der Waals surface area contributed by atoms with Crippen molar-refractivity contribution >= 4 is 0 Å². The van der Waals surface area contributed by atoms with Crippen molar-refractivity contribution in [2.45, 2.75) is 32.7 Å². The molecule has 1 atom stereocenters. The Hall–Kier alpha value is -0.0400. The highest BCUT2D eigenvalue weighted by molar-refractivity contribution is 4.60. The lowest BCUT2D eigenvalue weighted by Gasteiger charge is -2.22. The molecule has 0 fully saturated rings. The van der Waals surface area contributed by atoms with Gasteiger partial charge in [0.15, 0.2) is 0 Å². The molecule has 0 aromatic rings. The lowest BCUT2D eigenvalue weighted by Crippen LogP contribution is -2.28. The summed E-state index contributed by atoms with van der Waals surface area (Å²) in [7, 11) is 2.15. The van der Waals surface area contributed by atoms with Gasteiger partial charge in [-0.25, -0.2) is 0 Å². The van der Waals surface area contributed by atoms with Crippen LogP contribution in [0, 0.1) is 6.92 Å². The molecular weight excluding hydrogens is 110 g/mol. The van der Waals surface area contributed by atoms with Gasteiger partial charge in [-0.3, -0.25) is 0 Å². The van der Waals surface area contributed by atoms with Gasteiger partial charge in [0, 0.05) is 6.04 Å². The fraction of sp³-hybridized carbons (Fsp3) is 0.875. The van der Waals surface area contributed by atoms with Crippen LogP contribution in [0.3, 0.4) is 0 Å². The van der Waals surface area contributed by atoms with Crippen LogP contribution in [-0.2, 0) is 0 Å². The second kappa shape index (κ2) is 4.80. The summed E-state index contributed by atoms with van der Waals surface area (Å²) in [5.41, 5.74) is 0. The van der Waals surface area contributed by atoms with E-state index >= 15 is 0 Å². The van der Waals surface area contributed by atoms with E-state index in [-0.39, 0.29) is 0 Å². The maximum atomic E-state index is 3.80. The first kappa shape index (κ1) is 8.96. The van der Waals surface area contributed by atoms with Crippen molar-refractivity contribution in [3.05, 3.63) is 6.92 Å². The molecule has 1 unspecified atom stereocenters. The summed E-state index contributed by atoms with van der Waals surface area (Å²) in [6.45, 7) is 9.38. The van der Waals surface area contributed by atoms with Crippen LogP contribution in [0.2, 0.25) is 0 Å². The van der Waals surface area contributed by atoms with E-state index in [0.29, 0.717) is 6.04 Å². The van der Waals surface area contributed by atoms with Crippen LogP contribution >= 0.6 is 0 Å². The predicted molar refractivity (Wildman–Crippen MR) is 42.4 cm³/mol. The van der Waals surface area contributed by atoms with Crippen LogP contribution in [0.5, 0.6) is 0 Å². The first-order valence-corrected chi connectivity index (χ1v) is 3.71. The second-order valence-corrected chi connectivity index (χ2v) is 2.59. The second-order valence-electron chi connectivity index (χ2n) is 2.59. The van der Waals surface area contributed by atoms with E-state index in [1.165, 1.54) is 6.42 Å². The lowest BCUT2D eigenvalue weighted by molar-refractivity contribution is 0.256. The SMILES string of the molecule is [CH2]CCN(C)C(C)CC. The van der Waals surface area contributed by atoms with Crippen LogP contribution < -0.4 is 0 Å². The minimum Gasteiger partial charge on any atom is -0.304 e. The molecule has 9 heavy (non-hydrogen) atoms. The molecule has 0 amide bonds. The van der Waals surface area contributed by atoms with Crippen LogP contribution in [0.4, 0.5) is 0 Å². The van der Waals surface area contributed by atoms with Gasteiger partial charge < -0.3 is 4.90 Å². The molecule has 1 radical (unpaired) electrons. The molecule has 0 aliphatic heterocycles. The largest absolute Gasteiger partial charge is 0.304 e. The minimum atomic E-state index is 0.715. The van der Waals surface area contributed by atoms with Crippen molar-refractivity contribution in [3.8, 4) is 0 Å². The molecule has 0 aliphatic carbocycles. The number of rotatable bonds is 4. The average molecular weight is 128 g/mol. The molecule has 0 bridgehead atoms. The first-order chi connectivity index (χ1) is 4.22. The Balaban J connectivity index is 3.32. The van der Waals surface area contributed by atoms with Gasteiger partial charge in [-0.1, -0.05) is 13.8 Å². The van der Waals surface area contributed by atoms with Gasteiger partial charge in [-0.2, -0.15) is 0 Å². The van der Waals surface area contributed by atoms with Gasteiger partial charge in [0.1, 0.15) is 0 Å². The standard InChI is InChI=1S/C8H18N/c1-5-7-9(4)8(3)6-2/h8H,1,5-7H2,2-4H3. The third-order valence-corrected chi connectivity index (χ3v) is 1.85. The van der Waals surface area contributed by atoms with Gasteiger partial charge in [0.2, 0.25) is 0 Å².